The minimum Gasteiger partial charge on any atom is -0.456 e. The monoisotopic (exact) mass is 289 g/mol. The molecule has 0 amide bonds. The van der Waals surface area contributed by atoms with Gasteiger partial charge in [-0.25, -0.2) is 4.39 Å². The quantitative estimate of drug-likeness (QED) is 0.855. The minimum absolute atomic E-state index is 0.145. The maximum atomic E-state index is 13.8. The van der Waals surface area contributed by atoms with Crippen LogP contribution in [0.15, 0.2) is 28.7 Å². The first-order chi connectivity index (χ1) is 10.0. The van der Waals surface area contributed by atoms with Crippen LogP contribution >= 0.6 is 0 Å². The molecule has 3 rings (SSSR count). The molecule has 1 aliphatic rings. The third kappa shape index (κ3) is 2.59. The van der Waals surface area contributed by atoms with Crippen molar-refractivity contribution in [2.24, 2.45) is 11.3 Å². The predicted octanol–water partition coefficient (Wildman–Crippen LogP) is 5.05. The summed E-state index contributed by atoms with van der Waals surface area (Å²) < 4.78 is 19.7. The Hall–Kier alpha value is -1.35. The molecule has 0 radical (unpaired) electrons. The van der Waals surface area contributed by atoms with Gasteiger partial charge in [0.2, 0.25) is 0 Å². The van der Waals surface area contributed by atoms with Crippen LogP contribution in [0.3, 0.4) is 0 Å². The van der Waals surface area contributed by atoms with Crippen LogP contribution in [0.2, 0.25) is 0 Å². The summed E-state index contributed by atoms with van der Waals surface area (Å²) in [5.41, 5.74) is 0.657. The van der Waals surface area contributed by atoms with Gasteiger partial charge in [0.25, 0.3) is 0 Å². The van der Waals surface area contributed by atoms with Gasteiger partial charge in [-0.1, -0.05) is 38.8 Å². The van der Waals surface area contributed by atoms with Gasteiger partial charge in [0.1, 0.15) is 5.76 Å². The smallest absolute Gasteiger partial charge is 0.169 e. The molecule has 1 aliphatic carbocycles. The van der Waals surface area contributed by atoms with Crippen molar-refractivity contribution in [3.8, 4) is 0 Å². The molecule has 0 aliphatic heterocycles. The number of para-hydroxylation sites is 1. The van der Waals surface area contributed by atoms with Crippen molar-refractivity contribution in [2.75, 3.05) is 7.05 Å². The second-order valence-corrected chi connectivity index (χ2v) is 6.91. The Bertz CT molecular complexity index is 631. The van der Waals surface area contributed by atoms with Crippen LogP contribution in [0.25, 0.3) is 11.0 Å². The molecule has 2 atom stereocenters. The van der Waals surface area contributed by atoms with Gasteiger partial charge in [-0.3, -0.25) is 0 Å². The number of rotatable bonds is 3. The summed E-state index contributed by atoms with van der Waals surface area (Å²) in [7, 11) is 1.97. The zero-order valence-electron chi connectivity index (χ0n) is 13.1. The summed E-state index contributed by atoms with van der Waals surface area (Å²) >= 11 is 0. The van der Waals surface area contributed by atoms with Crippen LogP contribution in [0.1, 0.15) is 51.3 Å². The number of hydrogen-bond acceptors (Lipinski definition) is 2. The Morgan fingerprint density at radius 1 is 1.33 bits per heavy atom. The molecule has 0 saturated heterocycles. The number of fused-ring (bicyclic) bond motifs is 1. The third-order valence-corrected chi connectivity index (χ3v) is 5.13. The number of hydrogen-bond donors (Lipinski definition) is 1. The van der Waals surface area contributed by atoms with E-state index in [0.717, 1.165) is 11.1 Å². The molecular weight excluding hydrogens is 265 g/mol. The summed E-state index contributed by atoms with van der Waals surface area (Å²) in [4.78, 5) is 0. The average molecular weight is 289 g/mol. The van der Waals surface area contributed by atoms with E-state index in [0.29, 0.717) is 11.5 Å². The minimum atomic E-state index is -0.281. The van der Waals surface area contributed by atoms with Gasteiger partial charge >= 0.3 is 0 Å². The van der Waals surface area contributed by atoms with E-state index in [1.54, 1.807) is 6.07 Å². The number of halogens is 1. The zero-order chi connectivity index (χ0) is 15.0. The van der Waals surface area contributed by atoms with Crippen molar-refractivity contribution >= 4 is 11.0 Å². The normalized spacial score (nSPS) is 23.3. The zero-order valence-corrected chi connectivity index (χ0v) is 13.1. The molecule has 1 aromatic carbocycles. The van der Waals surface area contributed by atoms with E-state index in [2.05, 4.69) is 19.2 Å². The Kier molecular flexibility index (Phi) is 3.78. The summed E-state index contributed by atoms with van der Waals surface area (Å²) in [6, 6.07) is 7.23. The van der Waals surface area contributed by atoms with Gasteiger partial charge in [0, 0.05) is 5.39 Å². The third-order valence-electron chi connectivity index (χ3n) is 5.13. The molecule has 1 heterocycles. The van der Waals surface area contributed by atoms with Crippen LogP contribution in [0.5, 0.6) is 0 Å². The Morgan fingerprint density at radius 2 is 2.14 bits per heavy atom. The Labute approximate surface area is 125 Å². The molecule has 1 N–H and O–H groups in total. The molecule has 1 saturated carbocycles. The van der Waals surface area contributed by atoms with E-state index in [1.165, 1.54) is 31.7 Å². The van der Waals surface area contributed by atoms with Gasteiger partial charge in [-0.15, -0.1) is 0 Å². The second-order valence-electron chi connectivity index (χ2n) is 6.91. The molecule has 2 unspecified atom stereocenters. The van der Waals surface area contributed by atoms with Crippen molar-refractivity contribution in [1.82, 2.24) is 5.32 Å². The van der Waals surface area contributed by atoms with Crippen molar-refractivity contribution < 1.29 is 8.81 Å². The lowest BCUT2D eigenvalue weighted by Gasteiger charge is -2.42. The van der Waals surface area contributed by atoms with E-state index in [1.807, 2.05) is 19.2 Å². The van der Waals surface area contributed by atoms with Gasteiger partial charge in [0.05, 0.1) is 6.04 Å². The van der Waals surface area contributed by atoms with Gasteiger partial charge < -0.3 is 9.73 Å². The summed E-state index contributed by atoms with van der Waals surface area (Å²) in [6.07, 6.45) is 5.00. The fourth-order valence-corrected chi connectivity index (χ4v) is 3.88. The molecule has 0 spiro atoms. The molecule has 1 aromatic heterocycles. The molecular formula is C18H24FNO. The summed E-state index contributed by atoms with van der Waals surface area (Å²) in [5.74, 6) is 1.09. The molecule has 2 nitrogen and oxygen atoms in total. The fourth-order valence-electron chi connectivity index (χ4n) is 3.88. The SMILES string of the molecule is CNC(c1cc2cccc(F)c2o1)C1CCCCC1(C)C. The molecule has 1 fully saturated rings. The van der Waals surface area contributed by atoms with Crippen molar-refractivity contribution in [3.05, 3.63) is 35.8 Å². The summed E-state index contributed by atoms with van der Waals surface area (Å²) in [6.45, 7) is 4.68. The van der Waals surface area contributed by atoms with E-state index < -0.39 is 0 Å². The van der Waals surface area contributed by atoms with Crippen LogP contribution in [-0.2, 0) is 0 Å². The van der Waals surface area contributed by atoms with Crippen LogP contribution < -0.4 is 5.32 Å². The Balaban J connectivity index is 1.99. The van der Waals surface area contributed by atoms with Crippen LogP contribution in [-0.4, -0.2) is 7.05 Å². The topological polar surface area (TPSA) is 25.2 Å². The summed E-state index contributed by atoms with van der Waals surface area (Å²) in [5, 5.41) is 4.25. The molecule has 3 heteroatoms. The van der Waals surface area contributed by atoms with E-state index in [9.17, 15) is 4.39 Å². The first-order valence-electron chi connectivity index (χ1n) is 7.88. The highest BCUT2D eigenvalue weighted by atomic mass is 19.1. The fraction of sp³-hybridized carbons (Fsp3) is 0.556. The molecule has 0 bridgehead atoms. The van der Waals surface area contributed by atoms with Crippen molar-refractivity contribution in [1.29, 1.82) is 0 Å². The van der Waals surface area contributed by atoms with Gasteiger partial charge in [-0.05, 0) is 43.4 Å². The second kappa shape index (κ2) is 5.45. The Morgan fingerprint density at radius 3 is 2.81 bits per heavy atom. The lowest BCUT2D eigenvalue weighted by Crippen LogP contribution is -2.37. The maximum Gasteiger partial charge on any atom is 0.169 e. The highest BCUT2D eigenvalue weighted by Gasteiger charge is 2.39. The largest absolute Gasteiger partial charge is 0.456 e. The predicted molar refractivity (Wildman–Crippen MR) is 83.7 cm³/mol. The molecule has 2 aromatic rings. The van der Waals surface area contributed by atoms with E-state index in [-0.39, 0.29) is 17.3 Å². The number of furan rings is 1. The van der Waals surface area contributed by atoms with Crippen molar-refractivity contribution in [2.45, 2.75) is 45.6 Å². The first kappa shape index (κ1) is 14.6. The van der Waals surface area contributed by atoms with Crippen LogP contribution in [0, 0.1) is 17.2 Å². The number of benzene rings is 1. The van der Waals surface area contributed by atoms with Gasteiger partial charge in [-0.2, -0.15) is 0 Å². The molecule has 114 valence electrons. The van der Waals surface area contributed by atoms with Gasteiger partial charge in [0.15, 0.2) is 11.4 Å². The maximum absolute atomic E-state index is 13.8. The lowest BCUT2D eigenvalue weighted by atomic mass is 9.65. The van der Waals surface area contributed by atoms with Crippen LogP contribution in [0.4, 0.5) is 4.39 Å². The average Bonchev–Trinajstić information content (AvgIpc) is 2.86. The highest BCUT2D eigenvalue weighted by Crippen LogP contribution is 2.47. The first-order valence-corrected chi connectivity index (χ1v) is 7.88. The van der Waals surface area contributed by atoms with E-state index >= 15 is 0 Å². The number of nitrogens with one attached hydrogen (secondary N) is 1. The highest BCUT2D eigenvalue weighted by molar-refractivity contribution is 5.78. The van der Waals surface area contributed by atoms with E-state index in [4.69, 9.17) is 4.42 Å². The lowest BCUT2D eigenvalue weighted by molar-refractivity contribution is 0.0932. The standard InChI is InChI=1S/C18H24FNO/c1-18(2)10-5-4-8-13(18)16(20-3)15-11-12-7-6-9-14(19)17(12)21-15/h6-7,9,11,13,16,20H,4-5,8,10H2,1-3H3. The van der Waals surface area contributed by atoms with Crippen molar-refractivity contribution in [3.63, 3.8) is 0 Å². The molecule has 21 heavy (non-hydrogen) atoms.